The van der Waals surface area contributed by atoms with Crippen LogP contribution in [0.15, 0.2) is 18.2 Å². The number of carbonyl (C=O) groups is 1. The van der Waals surface area contributed by atoms with Crippen molar-refractivity contribution in [3.8, 4) is 22.4 Å². The van der Waals surface area contributed by atoms with Gasteiger partial charge in [0, 0.05) is 18.7 Å². The molecule has 1 fully saturated rings. The Morgan fingerprint density at radius 3 is 2.77 bits per heavy atom. The second kappa shape index (κ2) is 12.5. The van der Waals surface area contributed by atoms with Gasteiger partial charge in [-0.3, -0.25) is 14.6 Å². The fourth-order valence-corrected chi connectivity index (χ4v) is 5.26. The van der Waals surface area contributed by atoms with Crippen LogP contribution in [0.2, 0.25) is 0 Å². The molecule has 190 valence electrons. The van der Waals surface area contributed by atoms with Crippen LogP contribution >= 0.6 is 11.3 Å². The molecule has 0 radical (unpaired) electrons. The maximum atomic E-state index is 12.9. The van der Waals surface area contributed by atoms with Crippen LogP contribution in [0.1, 0.15) is 54.5 Å². The summed E-state index contributed by atoms with van der Waals surface area (Å²) in [6.45, 7) is 11.1. The summed E-state index contributed by atoms with van der Waals surface area (Å²) in [6, 6.07) is 7.74. The summed E-state index contributed by atoms with van der Waals surface area (Å²) in [4.78, 5) is 22.4. The lowest BCUT2D eigenvalue weighted by Crippen LogP contribution is -2.40. The number of hydrogen-bond acceptors (Lipinski definition) is 8. The molecule has 2 heterocycles. The summed E-state index contributed by atoms with van der Waals surface area (Å²) in [5.41, 5.74) is 1.94. The number of aryl methyl sites for hydroxylation is 1. The van der Waals surface area contributed by atoms with Crippen LogP contribution in [0.25, 0.3) is 10.6 Å². The van der Waals surface area contributed by atoms with Gasteiger partial charge < -0.3 is 14.8 Å². The standard InChI is InChI=1S/C26H37N5O3S/c1-7-31(8-2)18(4)34-22-10-9-20(14-21(22)15-27)26-29-17(3)24(35-26)25(32)28-16-19-11-12-33-23(13-19)30(5)6/h9-10,14,18-19,23H,7-8,11-13,16H2,1-6H3,(H,28,32). The van der Waals surface area contributed by atoms with Gasteiger partial charge in [-0.05, 0) is 78.0 Å². The van der Waals surface area contributed by atoms with E-state index in [1.165, 1.54) is 11.3 Å². The third kappa shape index (κ3) is 6.79. The molecule has 2 aromatic rings. The van der Waals surface area contributed by atoms with Gasteiger partial charge in [0.15, 0.2) is 0 Å². The zero-order valence-corrected chi connectivity index (χ0v) is 22.4. The number of aromatic nitrogens is 1. The van der Waals surface area contributed by atoms with Gasteiger partial charge in [0.1, 0.15) is 34.2 Å². The van der Waals surface area contributed by atoms with Gasteiger partial charge >= 0.3 is 0 Å². The highest BCUT2D eigenvalue weighted by Gasteiger charge is 2.25. The minimum atomic E-state index is -0.135. The number of benzene rings is 1. The van der Waals surface area contributed by atoms with Crippen LogP contribution in [0.3, 0.4) is 0 Å². The highest BCUT2D eigenvalue weighted by molar-refractivity contribution is 7.17. The van der Waals surface area contributed by atoms with Gasteiger partial charge in [0.05, 0.1) is 11.3 Å². The first-order valence-corrected chi connectivity index (χ1v) is 13.1. The Morgan fingerprint density at radius 2 is 2.11 bits per heavy atom. The summed E-state index contributed by atoms with van der Waals surface area (Å²) < 4.78 is 11.8. The van der Waals surface area contributed by atoms with Crippen molar-refractivity contribution in [3.05, 3.63) is 34.3 Å². The van der Waals surface area contributed by atoms with E-state index < -0.39 is 0 Å². The molecule has 0 spiro atoms. The lowest BCUT2D eigenvalue weighted by Gasteiger charge is -2.33. The fraction of sp³-hybridized carbons (Fsp3) is 0.577. The third-order valence-electron chi connectivity index (χ3n) is 6.47. The summed E-state index contributed by atoms with van der Waals surface area (Å²) in [5, 5.41) is 13.5. The lowest BCUT2D eigenvalue weighted by atomic mass is 9.98. The molecule has 0 saturated carbocycles. The molecule has 1 aliphatic heterocycles. The highest BCUT2D eigenvalue weighted by atomic mass is 32.1. The van der Waals surface area contributed by atoms with E-state index in [0.717, 1.165) is 31.5 Å². The molecule has 3 unspecified atom stereocenters. The highest BCUT2D eigenvalue weighted by Crippen LogP contribution is 2.32. The van der Waals surface area contributed by atoms with Gasteiger partial charge in [0.25, 0.3) is 5.91 Å². The Bertz CT molecular complexity index is 1040. The van der Waals surface area contributed by atoms with Crippen molar-refractivity contribution in [1.29, 1.82) is 5.26 Å². The SMILES string of the molecule is CCN(CC)C(C)Oc1ccc(-c2nc(C)c(C(=O)NCC3CCOC(N(C)C)C3)s2)cc1C#N. The van der Waals surface area contributed by atoms with Crippen molar-refractivity contribution in [2.75, 3.05) is 40.3 Å². The third-order valence-corrected chi connectivity index (χ3v) is 7.68. The van der Waals surface area contributed by atoms with Crippen LogP contribution in [-0.4, -0.2) is 73.5 Å². The van der Waals surface area contributed by atoms with Gasteiger partial charge in [0.2, 0.25) is 0 Å². The minimum Gasteiger partial charge on any atom is -0.474 e. The number of thiazole rings is 1. The number of nitrogens with one attached hydrogen (secondary N) is 1. The Kier molecular flexibility index (Phi) is 9.63. The van der Waals surface area contributed by atoms with E-state index >= 15 is 0 Å². The summed E-state index contributed by atoms with van der Waals surface area (Å²) in [6.07, 6.45) is 1.80. The molecule has 1 saturated heterocycles. The average molecular weight is 500 g/mol. The van der Waals surface area contributed by atoms with Crippen LogP contribution in [-0.2, 0) is 4.74 Å². The number of hydrogen-bond donors (Lipinski definition) is 1. The van der Waals surface area contributed by atoms with E-state index in [0.29, 0.717) is 46.0 Å². The van der Waals surface area contributed by atoms with E-state index in [2.05, 4.69) is 40.0 Å². The zero-order chi connectivity index (χ0) is 25.5. The molecular formula is C26H37N5O3S. The van der Waals surface area contributed by atoms with E-state index in [9.17, 15) is 10.1 Å². The molecule has 0 aliphatic carbocycles. The van der Waals surface area contributed by atoms with Crippen molar-refractivity contribution < 1.29 is 14.3 Å². The van der Waals surface area contributed by atoms with Gasteiger partial charge in [-0.1, -0.05) is 13.8 Å². The molecule has 8 nitrogen and oxygen atoms in total. The number of rotatable bonds is 10. The maximum Gasteiger partial charge on any atom is 0.263 e. The van der Waals surface area contributed by atoms with Crippen molar-refractivity contribution >= 4 is 17.2 Å². The topological polar surface area (TPSA) is 90.7 Å². The molecule has 3 rings (SSSR count). The minimum absolute atomic E-state index is 0.0960. The molecular weight excluding hydrogens is 462 g/mol. The number of nitriles is 1. The first kappa shape index (κ1) is 27.1. The predicted octanol–water partition coefficient (Wildman–Crippen LogP) is 4.10. The number of carbonyl (C=O) groups excluding carboxylic acids is 1. The lowest BCUT2D eigenvalue weighted by molar-refractivity contribution is -0.0821. The first-order chi connectivity index (χ1) is 16.8. The van der Waals surface area contributed by atoms with E-state index in [-0.39, 0.29) is 18.4 Å². The van der Waals surface area contributed by atoms with E-state index in [1.54, 1.807) is 6.07 Å². The molecule has 1 amide bonds. The summed E-state index contributed by atoms with van der Waals surface area (Å²) in [5.74, 6) is 0.833. The molecule has 3 atom stereocenters. The van der Waals surface area contributed by atoms with Crippen molar-refractivity contribution in [2.45, 2.75) is 53.0 Å². The predicted molar refractivity (Wildman–Crippen MR) is 138 cm³/mol. The second-order valence-electron chi connectivity index (χ2n) is 9.08. The average Bonchev–Trinajstić information content (AvgIpc) is 3.25. The quantitative estimate of drug-likeness (QED) is 0.492. The van der Waals surface area contributed by atoms with Gasteiger partial charge in [-0.25, -0.2) is 4.98 Å². The molecule has 9 heteroatoms. The van der Waals surface area contributed by atoms with E-state index in [1.807, 2.05) is 40.1 Å². The Balaban J connectivity index is 1.69. The Morgan fingerprint density at radius 1 is 1.37 bits per heavy atom. The normalized spacial score (nSPS) is 18.9. The van der Waals surface area contributed by atoms with Crippen molar-refractivity contribution in [1.82, 2.24) is 20.1 Å². The first-order valence-electron chi connectivity index (χ1n) is 12.3. The van der Waals surface area contributed by atoms with Gasteiger partial charge in [-0.15, -0.1) is 11.3 Å². The van der Waals surface area contributed by atoms with Crippen molar-refractivity contribution in [2.24, 2.45) is 5.92 Å². The Labute approximate surface area is 212 Å². The molecule has 1 aliphatic rings. The maximum absolute atomic E-state index is 12.9. The number of ether oxygens (including phenoxy) is 2. The molecule has 1 aromatic heterocycles. The van der Waals surface area contributed by atoms with Crippen LogP contribution in [0, 0.1) is 24.2 Å². The monoisotopic (exact) mass is 499 g/mol. The molecule has 35 heavy (non-hydrogen) atoms. The molecule has 1 N–H and O–H groups in total. The van der Waals surface area contributed by atoms with E-state index in [4.69, 9.17) is 9.47 Å². The Hall–Kier alpha value is -2.51. The van der Waals surface area contributed by atoms with Crippen LogP contribution in [0.4, 0.5) is 0 Å². The van der Waals surface area contributed by atoms with Crippen LogP contribution in [0.5, 0.6) is 5.75 Å². The number of amides is 1. The molecule has 1 aromatic carbocycles. The fourth-order valence-electron chi connectivity index (χ4n) is 4.28. The molecule has 0 bridgehead atoms. The van der Waals surface area contributed by atoms with Crippen molar-refractivity contribution in [3.63, 3.8) is 0 Å². The number of nitrogens with zero attached hydrogens (tertiary/aromatic N) is 4. The van der Waals surface area contributed by atoms with Gasteiger partial charge in [-0.2, -0.15) is 5.26 Å². The largest absolute Gasteiger partial charge is 0.474 e. The zero-order valence-electron chi connectivity index (χ0n) is 21.6. The smallest absolute Gasteiger partial charge is 0.263 e. The summed E-state index contributed by atoms with van der Waals surface area (Å²) >= 11 is 1.35. The second-order valence-corrected chi connectivity index (χ2v) is 10.1. The summed E-state index contributed by atoms with van der Waals surface area (Å²) in [7, 11) is 4.02. The van der Waals surface area contributed by atoms with Crippen LogP contribution < -0.4 is 10.1 Å².